The third-order valence-corrected chi connectivity index (χ3v) is 4.49. The second-order valence-corrected chi connectivity index (χ2v) is 7.60. The van der Waals surface area contributed by atoms with E-state index in [4.69, 9.17) is 22.1 Å². The molecule has 0 radical (unpaired) electrons. The highest BCUT2D eigenvalue weighted by Crippen LogP contribution is 2.22. The minimum Gasteiger partial charge on any atom is -0.374 e. The number of nitrogens with two attached hydrogens (primary N) is 1. The third-order valence-electron chi connectivity index (χ3n) is 4.21. The summed E-state index contributed by atoms with van der Waals surface area (Å²) in [7, 11) is 0. The average molecular weight is 413 g/mol. The number of hydrogen-bond donors (Lipinski definition) is 2. The molecule has 0 aliphatic heterocycles. The van der Waals surface area contributed by atoms with Gasteiger partial charge >= 0.3 is 0 Å². The van der Waals surface area contributed by atoms with Crippen molar-refractivity contribution in [1.29, 1.82) is 5.26 Å². The van der Waals surface area contributed by atoms with Crippen LogP contribution in [0.4, 0.5) is 0 Å². The first kappa shape index (κ1) is 20.7. The van der Waals surface area contributed by atoms with Crippen LogP contribution >= 0.6 is 11.6 Å². The number of amides is 1. The molecule has 9 heteroatoms. The fraction of sp³-hybridized carbons (Fsp3) is 0.300. The van der Waals surface area contributed by atoms with Crippen LogP contribution in [0.3, 0.4) is 0 Å². The summed E-state index contributed by atoms with van der Waals surface area (Å²) < 4.78 is 7.40. The van der Waals surface area contributed by atoms with Gasteiger partial charge in [-0.2, -0.15) is 5.26 Å². The lowest BCUT2D eigenvalue weighted by Gasteiger charge is -2.23. The van der Waals surface area contributed by atoms with E-state index in [1.807, 2.05) is 36.4 Å². The number of carbonyl (C=O) groups excluding carboxylic acids is 1. The Hall–Kier alpha value is -2.99. The van der Waals surface area contributed by atoms with Crippen LogP contribution in [0.15, 0.2) is 42.6 Å². The van der Waals surface area contributed by atoms with Crippen molar-refractivity contribution in [2.45, 2.75) is 32.0 Å². The van der Waals surface area contributed by atoms with Gasteiger partial charge in [-0.05, 0) is 25.5 Å². The number of carbonyl (C=O) groups is 1. The molecule has 3 N–H and O–H groups in total. The molecule has 0 unspecified atom stereocenters. The molecule has 29 heavy (non-hydrogen) atoms. The molecule has 0 spiro atoms. The molecule has 1 amide bonds. The van der Waals surface area contributed by atoms with Crippen molar-refractivity contribution < 1.29 is 9.53 Å². The lowest BCUT2D eigenvalue weighted by Crippen LogP contribution is -2.50. The van der Waals surface area contributed by atoms with Crippen molar-refractivity contribution in [3.05, 3.63) is 64.6 Å². The molecule has 0 bridgehead atoms. The number of pyridine rings is 1. The van der Waals surface area contributed by atoms with E-state index in [9.17, 15) is 10.1 Å². The van der Waals surface area contributed by atoms with E-state index >= 15 is 0 Å². The number of ether oxygens (including phenoxy) is 1. The highest BCUT2D eigenvalue weighted by atomic mass is 35.5. The number of hydrogen-bond acceptors (Lipinski definition) is 6. The second kappa shape index (κ2) is 8.57. The van der Waals surface area contributed by atoms with Gasteiger partial charge in [-0.3, -0.25) is 9.20 Å². The normalized spacial score (nSPS) is 12.5. The van der Waals surface area contributed by atoms with E-state index < -0.39 is 11.6 Å². The third kappa shape index (κ3) is 4.90. The molecule has 8 nitrogen and oxygen atoms in total. The highest BCUT2D eigenvalue weighted by molar-refractivity contribution is 6.33. The molecular formula is C20H21ClN6O2. The maximum Gasteiger partial charge on any atom is 0.240 e. The first-order chi connectivity index (χ1) is 13.8. The zero-order valence-electron chi connectivity index (χ0n) is 16.1. The summed E-state index contributed by atoms with van der Waals surface area (Å²) in [5.41, 5.74) is 6.56. The quantitative estimate of drug-likeness (QED) is 0.615. The number of halogens is 1. The molecule has 2 heterocycles. The summed E-state index contributed by atoms with van der Waals surface area (Å²) >= 11 is 6.21. The smallest absolute Gasteiger partial charge is 0.240 e. The number of nitrogens with one attached hydrogen (secondary N) is 1. The van der Waals surface area contributed by atoms with Crippen molar-refractivity contribution in [1.82, 2.24) is 19.9 Å². The first-order valence-corrected chi connectivity index (χ1v) is 9.33. The lowest BCUT2D eigenvalue weighted by molar-refractivity contribution is -0.126. The van der Waals surface area contributed by atoms with E-state index in [1.54, 1.807) is 24.4 Å². The Morgan fingerprint density at radius 3 is 2.76 bits per heavy atom. The molecular weight excluding hydrogens is 392 g/mol. The van der Waals surface area contributed by atoms with Gasteiger partial charge in [-0.15, -0.1) is 10.2 Å². The van der Waals surface area contributed by atoms with Gasteiger partial charge in [-0.1, -0.05) is 41.9 Å². The highest BCUT2D eigenvalue weighted by Gasteiger charge is 2.28. The maximum atomic E-state index is 12.5. The van der Waals surface area contributed by atoms with E-state index in [1.165, 1.54) is 6.07 Å². The van der Waals surface area contributed by atoms with Crippen LogP contribution in [0.1, 0.15) is 36.8 Å². The van der Waals surface area contributed by atoms with Crippen LogP contribution in [0.2, 0.25) is 5.02 Å². The van der Waals surface area contributed by atoms with Gasteiger partial charge in [0, 0.05) is 6.20 Å². The second-order valence-electron chi connectivity index (χ2n) is 7.19. The van der Waals surface area contributed by atoms with Crippen molar-refractivity contribution in [3.63, 3.8) is 0 Å². The summed E-state index contributed by atoms with van der Waals surface area (Å²) in [5.74, 6) is 0.0229. The van der Waals surface area contributed by atoms with Gasteiger partial charge in [0.15, 0.2) is 11.5 Å². The molecule has 0 aliphatic carbocycles. The summed E-state index contributed by atoms with van der Waals surface area (Å²) in [4.78, 5) is 12.5. The van der Waals surface area contributed by atoms with Crippen molar-refractivity contribution in [2.24, 2.45) is 5.73 Å². The Kier molecular flexibility index (Phi) is 6.13. The maximum absolute atomic E-state index is 12.5. The van der Waals surface area contributed by atoms with Crippen LogP contribution < -0.4 is 11.1 Å². The fourth-order valence-electron chi connectivity index (χ4n) is 2.66. The van der Waals surface area contributed by atoms with Crippen molar-refractivity contribution >= 4 is 23.2 Å². The monoisotopic (exact) mass is 412 g/mol. The Morgan fingerprint density at radius 1 is 1.38 bits per heavy atom. The first-order valence-electron chi connectivity index (χ1n) is 8.95. The summed E-state index contributed by atoms with van der Waals surface area (Å²) in [6.45, 7) is 3.71. The molecule has 0 saturated carbocycles. The predicted octanol–water partition coefficient (Wildman–Crippen LogP) is 2.37. The lowest BCUT2D eigenvalue weighted by atomic mass is 10.1. The Morgan fingerprint density at radius 2 is 2.10 bits per heavy atom. The summed E-state index contributed by atoms with van der Waals surface area (Å²) in [6.07, 6.45) is 1.57. The van der Waals surface area contributed by atoms with Crippen molar-refractivity contribution in [3.8, 4) is 6.07 Å². The van der Waals surface area contributed by atoms with E-state index in [0.717, 1.165) is 5.56 Å². The molecule has 0 fully saturated rings. The molecule has 0 aliphatic rings. The van der Waals surface area contributed by atoms with Gasteiger partial charge in [0.25, 0.3) is 0 Å². The van der Waals surface area contributed by atoms with E-state index in [-0.39, 0.29) is 17.5 Å². The van der Waals surface area contributed by atoms with Crippen LogP contribution in [0.25, 0.3) is 5.65 Å². The van der Waals surface area contributed by atoms with Crippen LogP contribution in [0.5, 0.6) is 0 Å². The van der Waals surface area contributed by atoms with Gasteiger partial charge in [0.05, 0.1) is 29.3 Å². The van der Waals surface area contributed by atoms with Crippen LogP contribution in [-0.2, 0) is 16.1 Å². The molecule has 1 aromatic carbocycles. The predicted molar refractivity (Wildman–Crippen MR) is 108 cm³/mol. The number of nitriles is 1. The molecule has 1 atom stereocenters. The van der Waals surface area contributed by atoms with Gasteiger partial charge in [0.1, 0.15) is 12.1 Å². The summed E-state index contributed by atoms with van der Waals surface area (Å²) in [6, 6.07) is 12.6. The number of rotatable bonds is 7. The molecule has 150 valence electrons. The van der Waals surface area contributed by atoms with Crippen LogP contribution in [0, 0.1) is 11.3 Å². The molecule has 0 saturated heterocycles. The van der Waals surface area contributed by atoms with Gasteiger partial charge in [0.2, 0.25) is 5.91 Å². The van der Waals surface area contributed by atoms with E-state index in [0.29, 0.717) is 23.6 Å². The molecule has 2 aromatic heterocycles. The topological polar surface area (TPSA) is 118 Å². The standard InChI is InChI=1S/C20H21ClN6O2/c1-20(2,23)19(28)24-16(12-29-11-13-6-4-3-5-7-13)18-26-25-17-15(21)8-14(9-22)10-27(17)18/h3-8,10,16H,11-12,23H2,1-2H3,(H,24,28)/t16-/m1/s1. The number of nitrogens with zero attached hydrogens (tertiary/aromatic N) is 4. The minimum atomic E-state index is -1.09. The number of benzene rings is 1. The zero-order valence-corrected chi connectivity index (χ0v) is 16.8. The van der Waals surface area contributed by atoms with E-state index in [2.05, 4.69) is 15.5 Å². The van der Waals surface area contributed by atoms with Gasteiger partial charge in [-0.25, -0.2) is 0 Å². The number of aromatic nitrogens is 3. The Labute approximate surface area is 173 Å². The minimum absolute atomic E-state index is 0.131. The Bertz CT molecular complexity index is 1050. The molecule has 3 aromatic rings. The SMILES string of the molecule is CC(C)(N)C(=O)N[C@H](COCc1ccccc1)c1nnc2c(Cl)cc(C#N)cn12. The average Bonchev–Trinajstić information content (AvgIpc) is 3.11. The Balaban J connectivity index is 1.90. The van der Waals surface area contributed by atoms with Gasteiger partial charge < -0.3 is 15.8 Å². The summed E-state index contributed by atoms with van der Waals surface area (Å²) in [5, 5.41) is 20.6. The molecule has 3 rings (SSSR count). The van der Waals surface area contributed by atoms with Crippen LogP contribution in [-0.4, -0.2) is 32.7 Å². The number of fused-ring (bicyclic) bond motifs is 1. The van der Waals surface area contributed by atoms with Crippen molar-refractivity contribution in [2.75, 3.05) is 6.61 Å². The zero-order chi connectivity index (χ0) is 21.0. The largest absolute Gasteiger partial charge is 0.374 e. The fourth-order valence-corrected chi connectivity index (χ4v) is 2.91.